The van der Waals surface area contributed by atoms with Gasteiger partial charge in [-0.1, -0.05) is 12.1 Å². The summed E-state index contributed by atoms with van der Waals surface area (Å²) in [4.78, 5) is 10.5. The maximum atomic E-state index is 14.0. The highest BCUT2D eigenvalue weighted by Crippen LogP contribution is 2.27. The fourth-order valence-electron chi connectivity index (χ4n) is 2.67. The molecule has 22 heavy (non-hydrogen) atoms. The summed E-state index contributed by atoms with van der Waals surface area (Å²) >= 11 is 0. The maximum Gasteiger partial charge on any atom is 0.149 e. The molecular formula is C17H19FN4. The number of aromatic nitrogens is 3. The Hall–Kier alpha value is -2.43. The Morgan fingerprint density at radius 1 is 1.32 bits per heavy atom. The molecule has 0 bridgehead atoms. The number of hydrogen-bond donors (Lipinski definition) is 0. The van der Waals surface area contributed by atoms with Crippen molar-refractivity contribution in [3.63, 3.8) is 0 Å². The molecule has 0 N–H and O–H groups in total. The molecule has 114 valence electrons. The molecule has 0 unspecified atom stereocenters. The Morgan fingerprint density at radius 3 is 2.95 bits per heavy atom. The van der Waals surface area contributed by atoms with Gasteiger partial charge >= 0.3 is 0 Å². The molecule has 5 heteroatoms. The average molecular weight is 298 g/mol. The van der Waals surface area contributed by atoms with Crippen LogP contribution in [-0.2, 0) is 6.54 Å². The molecule has 0 saturated carbocycles. The second kappa shape index (κ2) is 6.13. The first kappa shape index (κ1) is 14.5. The van der Waals surface area contributed by atoms with Crippen molar-refractivity contribution in [3.8, 4) is 0 Å². The van der Waals surface area contributed by atoms with Crippen LogP contribution in [-0.4, -0.2) is 28.1 Å². The summed E-state index contributed by atoms with van der Waals surface area (Å²) < 4.78 is 16.0. The summed E-state index contributed by atoms with van der Waals surface area (Å²) in [7, 11) is 2.03. The monoisotopic (exact) mass is 298 g/mol. The minimum Gasteiger partial charge on any atom is -0.374 e. The third kappa shape index (κ3) is 2.93. The number of anilines is 1. The summed E-state index contributed by atoms with van der Waals surface area (Å²) in [5.41, 5.74) is 2.29. The van der Waals surface area contributed by atoms with E-state index in [1.165, 1.54) is 6.07 Å². The first-order valence-corrected chi connectivity index (χ1v) is 7.38. The van der Waals surface area contributed by atoms with Crippen LogP contribution >= 0.6 is 0 Å². The van der Waals surface area contributed by atoms with E-state index in [9.17, 15) is 4.39 Å². The largest absolute Gasteiger partial charge is 0.374 e. The van der Waals surface area contributed by atoms with Crippen LogP contribution in [0.1, 0.15) is 12.1 Å². The SMILES string of the molecule is Cc1cc(N(C)CCCn2ccnc2)c2cccc(F)c2n1. The minimum absolute atomic E-state index is 0.269. The van der Waals surface area contributed by atoms with Gasteiger partial charge in [0.15, 0.2) is 0 Å². The molecule has 0 saturated heterocycles. The number of hydrogen-bond acceptors (Lipinski definition) is 3. The van der Waals surface area contributed by atoms with E-state index >= 15 is 0 Å². The third-order valence-corrected chi connectivity index (χ3v) is 3.78. The fourth-order valence-corrected chi connectivity index (χ4v) is 2.67. The van der Waals surface area contributed by atoms with E-state index in [-0.39, 0.29) is 5.82 Å². The lowest BCUT2D eigenvalue weighted by molar-refractivity contribution is 0.634. The second-order valence-corrected chi connectivity index (χ2v) is 5.49. The molecular weight excluding hydrogens is 279 g/mol. The number of fused-ring (bicyclic) bond motifs is 1. The number of imidazole rings is 1. The van der Waals surface area contributed by atoms with Crippen LogP contribution in [0.2, 0.25) is 0 Å². The van der Waals surface area contributed by atoms with Gasteiger partial charge in [0, 0.05) is 49.3 Å². The number of para-hydroxylation sites is 1. The average Bonchev–Trinajstić information content (AvgIpc) is 3.01. The molecule has 1 aromatic carbocycles. The van der Waals surface area contributed by atoms with Crippen molar-refractivity contribution in [3.05, 3.63) is 54.5 Å². The summed E-state index contributed by atoms with van der Waals surface area (Å²) in [5.74, 6) is -0.269. The Bertz CT molecular complexity index is 768. The van der Waals surface area contributed by atoms with Crippen molar-refractivity contribution < 1.29 is 4.39 Å². The van der Waals surface area contributed by atoms with Crippen molar-refractivity contribution in [1.82, 2.24) is 14.5 Å². The zero-order valence-corrected chi connectivity index (χ0v) is 12.8. The second-order valence-electron chi connectivity index (χ2n) is 5.49. The Balaban J connectivity index is 1.81. The van der Waals surface area contributed by atoms with Crippen LogP contribution in [0.4, 0.5) is 10.1 Å². The van der Waals surface area contributed by atoms with Crippen LogP contribution in [0.5, 0.6) is 0 Å². The van der Waals surface area contributed by atoms with E-state index in [0.29, 0.717) is 5.52 Å². The van der Waals surface area contributed by atoms with Gasteiger partial charge in [0.05, 0.1) is 6.33 Å². The zero-order valence-electron chi connectivity index (χ0n) is 12.8. The molecule has 0 fully saturated rings. The van der Waals surface area contributed by atoms with Crippen LogP contribution in [0.25, 0.3) is 10.9 Å². The molecule has 2 aromatic heterocycles. The van der Waals surface area contributed by atoms with E-state index < -0.39 is 0 Å². The van der Waals surface area contributed by atoms with Crippen LogP contribution < -0.4 is 4.90 Å². The van der Waals surface area contributed by atoms with Crippen LogP contribution in [0.3, 0.4) is 0 Å². The molecule has 0 atom stereocenters. The Labute approximate surface area is 129 Å². The van der Waals surface area contributed by atoms with Crippen molar-refractivity contribution in [2.24, 2.45) is 0 Å². The molecule has 0 amide bonds. The molecule has 0 aliphatic heterocycles. The van der Waals surface area contributed by atoms with Gasteiger partial charge in [-0.2, -0.15) is 0 Å². The highest BCUT2D eigenvalue weighted by atomic mass is 19.1. The van der Waals surface area contributed by atoms with E-state index in [4.69, 9.17) is 0 Å². The van der Waals surface area contributed by atoms with Crippen molar-refractivity contribution in [1.29, 1.82) is 0 Å². The molecule has 0 aliphatic carbocycles. The van der Waals surface area contributed by atoms with E-state index in [0.717, 1.165) is 36.3 Å². The number of pyridine rings is 1. The molecule has 3 rings (SSSR count). The predicted octanol–water partition coefficient (Wildman–Crippen LogP) is 3.41. The van der Waals surface area contributed by atoms with Crippen LogP contribution in [0.15, 0.2) is 43.0 Å². The van der Waals surface area contributed by atoms with Crippen molar-refractivity contribution in [2.45, 2.75) is 19.9 Å². The van der Waals surface area contributed by atoms with Crippen molar-refractivity contribution in [2.75, 3.05) is 18.5 Å². The van der Waals surface area contributed by atoms with Gasteiger partial charge in [-0.25, -0.2) is 14.4 Å². The van der Waals surface area contributed by atoms with Gasteiger partial charge in [-0.05, 0) is 25.5 Å². The third-order valence-electron chi connectivity index (χ3n) is 3.78. The standard InChI is InChI=1S/C17H19FN4/c1-13-11-16(14-5-3-6-15(18)17(14)20-13)21(2)8-4-9-22-10-7-19-12-22/h3,5-7,10-12H,4,8-9H2,1-2H3. The molecule has 0 spiro atoms. The summed E-state index contributed by atoms with van der Waals surface area (Å²) in [6.07, 6.45) is 6.56. The van der Waals surface area contributed by atoms with Gasteiger partial charge in [0.1, 0.15) is 11.3 Å². The van der Waals surface area contributed by atoms with Gasteiger partial charge in [0.2, 0.25) is 0 Å². The summed E-state index contributed by atoms with van der Waals surface area (Å²) in [6, 6.07) is 7.13. The fraction of sp³-hybridized carbons (Fsp3) is 0.294. The van der Waals surface area contributed by atoms with E-state index in [1.807, 2.05) is 38.6 Å². The number of halogens is 1. The maximum absolute atomic E-state index is 14.0. The molecule has 2 heterocycles. The van der Waals surface area contributed by atoms with Gasteiger partial charge in [-0.3, -0.25) is 0 Å². The minimum atomic E-state index is -0.269. The highest BCUT2D eigenvalue weighted by molar-refractivity contribution is 5.92. The van der Waals surface area contributed by atoms with Gasteiger partial charge in [0.25, 0.3) is 0 Å². The number of aryl methyl sites for hydroxylation is 2. The van der Waals surface area contributed by atoms with Crippen molar-refractivity contribution >= 4 is 16.6 Å². The lowest BCUT2D eigenvalue weighted by Gasteiger charge is -2.21. The first-order chi connectivity index (χ1) is 10.6. The molecule has 0 radical (unpaired) electrons. The number of benzene rings is 1. The lowest BCUT2D eigenvalue weighted by atomic mass is 10.1. The van der Waals surface area contributed by atoms with Crippen LogP contribution in [0, 0.1) is 12.7 Å². The molecule has 3 aromatic rings. The summed E-state index contributed by atoms with van der Waals surface area (Å²) in [6.45, 7) is 3.70. The Kier molecular flexibility index (Phi) is 4.04. The Morgan fingerprint density at radius 2 is 2.18 bits per heavy atom. The zero-order chi connectivity index (χ0) is 15.5. The molecule has 0 aliphatic rings. The van der Waals surface area contributed by atoms with E-state index in [2.05, 4.69) is 19.4 Å². The topological polar surface area (TPSA) is 34.0 Å². The van der Waals surface area contributed by atoms with E-state index in [1.54, 1.807) is 12.3 Å². The first-order valence-electron chi connectivity index (χ1n) is 7.38. The smallest absolute Gasteiger partial charge is 0.149 e. The normalized spacial score (nSPS) is 11.0. The number of rotatable bonds is 5. The lowest BCUT2D eigenvalue weighted by Crippen LogP contribution is -2.20. The quantitative estimate of drug-likeness (QED) is 0.724. The number of nitrogens with zero attached hydrogens (tertiary/aromatic N) is 4. The summed E-state index contributed by atoms with van der Waals surface area (Å²) in [5, 5.41) is 0.857. The van der Waals surface area contributed by atoms with Gasteiger partial charge in [-0.15, -0.1) is 0 Å². The highest BCUT2D eigenvalue weighted by Gasteiger charge is 2.11. The predicted molar refractivity (Wildman–Crippen MR) is 86.6 cm³/mol. The molecule has 4 nitrogen and oxygen atoms in total. The van der Waals surface area contributed by atoms with Gasteiger partial charge < -0.3 is 9.47 Å².